The van der Waals surface area contributed by atoms with E-state index in [1.54, 1.807) is 0 Å². The van der Waals surface area contributed by atoms with E-state index in [-0.39, 0.29) is 17.7 Å². The van der Waals surface area contributed by atoms with Gasteiger partial charge in [-0.1, -0.05) is 0 Å². The van der Waals surface area contributed by atoms with Crippen LogP contribution in [0.1, 0.15) is 38.5 Å². The molecular weight excluding hydrogens is 230 g/mol. The Morgan fingerprint density at radius 2 is 1.72 bits per heavy atom. The predicted molar refractivity (Wildman–Crippen MR) is 66.6 cm³/mol. The van der Waals surface area contributed by atoms with Gasteiger partial charge in [-0.05, 0) is 38.5 Å². The molecule has 3 N–H and O–H groups in total. The molecule has 5 heteroatoms. The summed E-state index contributed by atoms with van der Waals surface area (Å²) in [5.74, 6) is 0.279. The van der Waals surface area contributed by atoms with Gasteiger partial charge >= 0.3 is 0 Å². The van der Waals surface area contributed by atoms with E-state index in [9.17, 15) is 9.59 Å². The van der Waals surface area contributed by atoms with Crippen molar-refractivity contribution < 1.29 is 9.59 Å². The Hall–Kier alpha value is -1.10. The lowest BCUT2D eigenvalue weighted by molar-refractivity contribution is -0.124. The summed E-state index contributed by atoms with van der Waals surface area (Å²) in [5, 5.41) is 3.17. The number of piperidine rings is 1. The second-order valence-corrected chi connectivity index (χ2v) is 5.97. The number of rotatable bonds is 4. The first kappa shape index (κ1) is 12.0. The molecule has 0 radical (unpaired) electrons. The summed E-state index contributed by atoms with van der Waals surface area (Å²) in [6, 6.07) is 1.17. The van der Waals surface area contributed by atoms with E-state index in [0.717, 1.165) is 38.5 Å². The van der Waals surface area contributed by atoms with Gasteiger partial charge in [0, 0.05) is 24.0 Å². The van der Waals surface area contributed by atoms with Crippen LogP contribution in [0.5, 0.6) is 0 Å². The van der Waals surface area contributed by atoms with E-state index < -0.39 is 0 Å². The van der Waals surface area contributed by atoms with Gasteiger partial charge in [-0.3, -0.25) is 14.5 Å². The molecule has 3 fully saturated rings. The van der Waals surface area contributed by atoms with Crippen molar-refractivity contribution >= 4 is 11.8 Å². The van der Waals surface area contributed by atoms with Gasteiger partial charge < -0.3 is 11.1 Å². The molecule has 0 spiro atoms. The second kappa shape index (κ2) is 4.53. The summed E-state index contributed by atoms with van der Waals surface area (Å²) in [5.41, 5.74) is 5.29. The molecule has 0 aromatic rings. The van der Waals surface area contributed by atoms with E-state index in [1.165, 1.54) is 0 Å². The summed E-state index contributed by atoms with van der Waals surface area (Å²) >= 11 is 0. The maximum Gasteiger partial charge on any atom is 0.231 e. The molecule has 2 saturated heterocycles. The lowest BCUT2D eigenvalue weighted by Crippen LogP contribution is -2.52. The van der Waals surface area contributed by atoms with Crippen LogP contribution < -0.4 is 11.1 Å². The Labute approximate surface area is 107 Å². The van der Waals surface area contributed by atoms with E-state index in [2.05, 4.69) is 10.2 Å². The number of primary amides is 1. The number of hydrogen-bond donors (Lipinski definition) is 2. The number of nitrogens with one attached hydrogen (secondary N) is 1. The van der Waals surface area contributed by atoms with Crippen molar-refractivity contribution in [1.29, 1.82) is 0 Å². The highest BCUT2D eigenvalue weighted by atomic mass is 16.2. The first-order chi connectivity index (χ1) is 8.63. The SMILES string of the molecule is NC(=O)CN1[C@H]2CC[C@H]1CC(NC(=O)C1CC1)C2. The quantitative estimate of drug-likeness (QED) is 0.738. The van der Waals surface area contributed by atoms with Crippen molar-refractivity contribution in [3.8, 4) is 0 Å². The summed E-state index contributed by atoms with van der Waals surface area (Å²) in [6.45, 7) is 0.374. The van der Waals surface area contributed by atoms with Gasteiger partial charge in [0.05, 0.1) is 6.54 Å². The molecule has 0 aromatic heterocycles. The molecular formula is C13H21N3O2. The average Bonchev–Trinajstić information content (AvgIpc) is 3.10. The highest BCUT2D eigenvalue weighted by Crippen LogP contribution is 2.36. The smallest absolute Gasteiger partial charge is 0.231 e. The van der Waals surface area contributed by atoms with Crippen LogP contribution in [0.15, 0.2) is 0 Å². The van der Waals surface area contributed by atoms with E-state index in [0.29, 0.717) is 24.7 Å². The van der Waals surface area contributed by atoms with Crippen molar-refractivity contribution in [2.75, 3.05) is 6.54 Å². The Bertz CT molecular complexity index is 353. The van der Waals surface area contributed by atoms with E-state index in [1.807, 2.05) is 0 Å². The largest absolute Gasteiger partial charge is 0.369 e. The third kappa shape index (κ3) is 2.36. The van der Waals surface area contributed by atoms with Crippen LogP contribution in [0, 0.1) is 5.92 Å². The highest BCUT2D eigenvalue weighted by Gasteiger charge is 2.42. The van der Waals surface area contributed by atoms with Crippen LogP contribution in [-0.4, -0.2) is 41.4 Å². The van der Waals surface area contributed by atoms with Gasteiger partial charge in [-0.25, -0.2) is 0 Å². The van der Waals surface area contributed by atoms with Crippen molar-refractivity contribution in [1.82, 2.24) is 10.2 Å². The average molecular weight is 251 g/mol. The molecule has 100 valence electrons. The molecule has 3 aliphatic rings. The normalized spacial score (nSPS) is 35.4. The van der Waals surface area contributed by atoms with Gasteiger partial charge in [-0.15, -0.1) is 0 Å². The Kier molecular flexibility index (Phi) is 3.01. The standard InChI is InChI=1S/C13H21N3O2/c14-12(17)7-16-10-3-4-11(16)6-9(5-10)15-13(18)8-1-2-8/h8-11H,1-7H2,(H2,14,17)(H,15,18)/t10-,11-/m0/s1. The maximum absolute atomic E-state index is 11.8. The van der Waals surface area contributed by atoms with Crippen molar-refractivity contribution in [3.63, 3.8) is 0 Å². The molecule has 5 nitrogen and oxygen atoms in total. The molecule has 2 amide bonds. The van der Waals surface area contributed by atoms with E-state index >= 15 is 0 Å². The summed E-state index contributed by atoms with van der Waals surface area (Å²) in [4.78, 5) is 25.1. The van der Waals surface area contributed by atoms with Crippen molar-refractivity contribution in [2.24, 2.45) is 11.7 Å². The molecule has 3 rings (SSSR count). The zero-order valence-electron chi connectivity index (χ0n) is 10.6. The van der Waals surface area contributed by atoms with Gasteiger partial charge in [0.2, 0.25) is 11.8 Å². The zero-order valence-corrected chi connectivity index (χ0v) is 10.6. The van der Waals surface area contributed by atoms with Gasteiger partial charge in [0.25, 0.3) is 0 Å². The first-order valence-electron chi connectivity index (χ1n) is 6.98. The number of fused-ring (bicyclic) bond motifs is 2. The molecule has 2 heterocycles. The molecule has 1 aliphatic carbocycles. The Balaban J connectivity index is 1.57. The number of carbonyl (C=O) groups is 2. The lowest BCUT2D eigenvalue weighted by atomic mass is 9.97. The minimum atomic E-state index is -0.243. The third-order valence-electron chi connectivity index (χ3n) is 4.52. The fraction of sp³-hybridized carbons (Fsp3) is 0.846. The van der Waals surface area contributed by atoms with Crippen LogP contribution >= 0.6 is 0 Å². The molecule has 2 aliphatic heterocycles. The molecule has 2 bridgehead atoms. The highest BCUT2D eigenvalue weighted by molar-refractivity contribution is 5.81. The van der Waals surface area contributed by atoms with Crippen LogP contribution in [0.2, 0.25) is 0 Å². The Morgan fingerprint density at radius 1 is 1.11 bits per heavy atom. The number of hydrogen-bond acceptors (Lipinski definition) is 3. The molecule has 18 heavy (non-hydrogen) atoms. The van der Waals surface area contributed by atoms with E-state index in [4.69, 9.17) is 5.73 Å². The predicted octanol–water partition coefficient (Wildman–Crippen LogP) is -0.00670. The minimum absolute atomic E-state index is 0.239. The molecule has 0 aromatic carbocycles. The maximum atomic E-state index is 11.8. The van der Waals surface area contributed by atoms with Crippen LogP contribution in [0.4, 0.5) is 0 Å². The second-order valence-electron chi connectivity index (χ2n) is 5.97. The number of nitrogens with two attached hydrogens (primary N) is 1. The monoisotopic (exact) mass is 251 g/mol. The van der Waals surface area contributed by atoms with Gasteiger partial charge in [0.1, 0.15) is 0 Å². The number of amides is 2. The molecule has 0 unspecified atom stereocenters. The number of nitrogens with zero attached hydrogens (tertiary/aromatic N) is 1. The molecule has 2 atom stereocenters. The fourth-order valence-corrected chi connectivity index (χ4v) is 3.49. The number of carbonyl (C=O) groups excluding carboxylic acids is 2. The lowest BCUT2D eigenvalue weighted by Gasteiger charge is -2.38. The fourth-order valence-electron chi connectivity index (χ4n) is 3.49. The molecule has 1 saturated carbocycles. The summed E-state index contributed by atoms with van der Waals surface area (Å²) in [6.07, 6.45) is 6.32. The zero-order chi connectivity index (χ0) is 12.7. The van der Waals surface area contributed by atoms with Crippen LogP contribution in [0.3, 0.4) is 0 Å². The van der Waals surface area contributed by atoms with Crippen LogP contribution in [0.25, 0.3) is 0 Å². The minimum Gasteiger partial charge on any atom is -0.369 e. The summed E-state index contributed by atoms with van der Waals surface area (Å²) in [7, 11) is 0. The van der Waals surface area contributed by atoms with Crippen molar-refractivity contribution in [3.05, 3.63) is 0 Å². The third-order valence-corrected chi connectivity index (χ3v) is 4.52. The van der Waals surface area contributed by atoms with Gasteiger partial charge in [-0.2, -0.15) is 0 Å². The van der Waals surface area contributed by atoms with Crippen LogP contribution in [-0.2, 0) is 9.59 Å². The topological polar surface area (TPSA) is 75.4 Å². The first-order valence-corrected chi connectivity index (χ1v) is 6.98. The van der Waals surface area contributed by atoms with Gasteiger partial charge in [0.15, 0.2) is 0 Å². The Morgan fingerprint density at radius 3 is 2.22 bits per heavy atom. The summed E-state index contributed by atoms with van der Waals surface area (Å²) < 4.78 is 0. The van der Waals surface area contributed by atoms with Crippen molar-refractivity contribution in [2.45, 2.75) is 56.7 Å².